The number of carbonyl (C=O) groups is 1. The monoisotopic (exact) mass is 380 g/mol. The van der Waals surface area contributed by atoms with Crippen molar-refractivity contribution >= 4 is 33.3 Å². The van der Waals surface area contributed by atoms with Crippen LogP contribution in [-0.2, 0) is 0 Å². The molecular formula is C21H24N4OS. The minimum atomic E-state index is 0.116. The van der Waals surface area contributed by atoms with Crippen molar-refractivity contribution in [1.29, 1.82) is 0 Å². The highest BCUT2D eigenvalue weighted by molar-refractivity contribution is 7.18. The Kier molecular flexibility index (Phi) is 4.60. The molecule has 140 valence electrons. The van der Waals surface area contributed by atoms with E-state index in [1.165, 1.54) is 15.8 Å². The molecule has 27 heavy (non-hydrogen) atoms. The second-order valence-corrected chi connectivity index (χ2v) is 8.41. The standard InChI is InChI=1S/C21H24N4OS/c1-13-6-5-7-17(12-13)21(26)25-10-8-24(9-11-25)19-18-14(2)15(3)27-20(18)23-16(4)22-19/h5-7,12H,8-11H2,1-4H3. The van der Waals surface area contributed by atoms with E-state index in [0.29, 0.717) is 13.1 Å². The molecule has 1 fully saturated rings. The fourth-order valence-corrected chi connectivity index (χ4v) is 4.71. The van der Waals surface area contributed by atoms with E-state index in [-0.39, 0.29) is 5.91 Å². The molecule has 5 nitrogen and oxygen atoms in total. The summed E-state index contributed by atoms with van der Waals surface area (Å²) in [5, 5.41) is 1.17. The van der Waals surface area contributed by atoms with Crippen molar-refractivity contribution in [1.82, 2.24) is 14.9 Å². The zero-order valence-corrected chi connectivity index (χ0v) is 17.1. The predicted octanol–water partition coefficient (Wildman–Crippen LogP) is 3.89. The summed E-state index contributed by atoms with van der Waals surface area (Å²) < 4.78 is 0. The first-order chi connectivity index (χ1) is 12.9. The number of hydrogen-bond donors (Lipinski definition) is 0. The molecule has 0 unspecified atom stereocenters. The highest BCUT2D eigenvalue weighted by atomic mass is 32.1. The molecule has 0 saturated carbocycles. The largest absolute Gasteiger partial charge is 0.352 e. The molecule has 0 bridgehead atoms. The second-order valence-electron chi connectivity index (χ2n) is 7.21. The lowest BCUT2D eigenvalue weighted by Gasteiger charge is -2.36. The Labute approximate surface area is 163 Å². The van der Waals surface area contributed by atoms with Gasteiger partial charge in [-0.1, -0.05) is 17.7 Å². The molecule has 1 aliphatic heterocycles. The van der Waals surface area contributed by atoms with Crippen LogP contribution in [0, 0.1) is 27.7 Å². The van der Waals surface area contributed by atoms with Gasteiger partial charge in [0.25, 0.3) is 5.91 Å². The van der Waals surface area contributed by atoms with E-state index in [1.54, 1.807) is 11.3 Å². The number of benzene rings is 1. The van der Waals surface area contributed by atoms with Gasteiger partial charge in [-0.3, -0.25) is 4.79 Å². The normalized spacial score (nSPS) is 14.8. The maximum Gasteiger partial charge on any atom is 0.253 e. The minimum Gasteiger partial charge on any atom is -0.352 e. The number of piperazine rings is 1. The molecule has 0 N–H and O–H groups in total. The first-order valence-corrected chi connectivity index (χ1v) is 10.1. The van der Waals surface area contributed by atoms with Crippen molar-refractivity contribution < 1.29 is 4.79 Å². The van der Waals surface area contributed by atoms with E-state index < -0.39 is 0 Å². The highest BCUT2D eigenvalue weighted by Gasteiger charge is 2.25. The number of amides is 1. The number of aromatic nitrogens is 2. The lowest BCUT2D eigenvalue weighted by atomic mass is 10.1. The van der Waals surface area contributed by atoms with Crippen LogP contribution in [0.1, 0.15) is 32.2 Å². The van der Waals surface area contributed by atoms with E-state index in [2.05, 4.69) is 23.7 Å². The van der Waals surface area contributed by atoms with Gasteiger partial charge < -0.3 is 9.80 Å². The number of nitrogens with zero attached hydrogens (tertiary/aromatic N) is 4. The van der Waals surface area contributed by atoms with Crippen molar-refractivity contribution in [2.45, 2.75) is 27.7 Å². The summed E-state index contributed by atoms with van der Waals surface area (Å²) in [6.07, 6.45) is 0. The maximum absolute atomic E-state index is 12.8. The Morgan fingerprint density at radius 1 is 1.04 bits per heavy atom. The number of hydrogen-bond acceptors (Lipinski definition) is 5. The minimum absolute atomic E-state index is 0.116. The smallest absolute Gasteiger partial charge is 0.253 e. The molecule has 2 aromatic heterocycles. The van der Waals surface area contributed by atoms with E-state index in [4.69, 9.17) is 4.98 Å². The third kappa shape index (κ3) is 3.30. The summed E-state index contributed by atoms with van der Waals surface area (Å²) >= 11 is 1.73. The van der Waals surface area contributed by atoms with Gasteiger partial charge in [-0.2, -0.15) is 0 Å². The molecule has 6 heteroatoms. The Morgan fingerprint density at radius 2 is 1.78 bits per heavy atom. The van der Waals surface area contributed by atoms with Crippen molar-refractivity contribution in [2.75, 3.05) is 31.1 Å². The third-order valence-corrected chi connectivity index (χ3v) is 6.35. The van der Waals surface area contributed by atoms with Crippen molar-refractivity contribution in [3.8, 4) is 0 Å². The Morgan fingerprint density at radius 3 is 2.48 bits per heavy atom. The van der Waals surface area contributed by atoms with Gasteiger partial charge >= 0.3 is 0 Å². The van der Waals surface area contributed by atoms with Crippen LogP contribution < -0.4 is 4.90 Å². The average Bonchev–Trinajstić information content (AvgIpc) is 2.94. The summed E-state index contributed by atoms with van der Waals surface area (Å²) in [6.45, 7) is 11.2. The maximum atomic E-state index is 12.8. The Balaban J connectivity index is 1.56. The summed E-state index contributed by atoms with van der Waals surface area (Å²) in [7, 11) is 0. The molecule has 0 aliphatic carbocycles. The zero-order valence-electron chi connectivity index (χ0n) is 16.2. The van der Waals surface area contributed by atoms with Gasteiger partial charge in [0, 0.05) is 36.6 Å². The van der Waals surface area contributed by atoms with Gasteiger partial charge in [0.1, 0.15) is 16.5 Å². The number of aryl methyl sites for hydroxylation is 4. The molecule has 3 heterocycles. The quantitative estimate of drug-likeness (QED) is 0.677. The first kappa shape index (κ1) is 17.9. The molecule has 1 aliphatic rings. The molecule has 1 saturated heterocycles. The van der Waals surface area contributed by atoms with Crippen LogP contribution in [0.25, 0.3) is 10.2 Å². The van der Waals surface area contributed by atoms with Crippen LogP contribution in [0.3, 0.4) is 0 Å². The van der Waals surface area contributed by atoms with Gasteiger partial charge in [0.05, 0.1) is 5.39 Å². The Hall–Kier alpha value is -2.47. The van der Waals surface area contributed by atoms with Crippen molar-refractivity contribution in [3.63, 3.8) is 0 Å². The second kappa shape index (κ2) is 6.93. The number of carbonyl (C=O) groups excluding carboxylic acids is 1. The fraction of sp³-hybridized carbons (Fsp3) is 0.381. The molecule has 0 radical (unpaired) electrons. The molecule has 3 aromatic rings. The van der Waals surface area contributed by atoms with Crippen LogP contribution in [0.4, 0.5) is 5.82 Å². The van der Waals surface area contributed by atoms with Gasteiger partial charge in [0.15, 0.2) is 0 Å². The van der Waals surface area contributed by atoms with Crippen LogP contribution in [-0.4, -0.2) is 47.0 Å². The predicted molar refractivity (Wildman–Crippen MR) is 111 cm³/mol. The lowest BCUT2D eigenvalue weighted by Crippen LogP contribution is -2.49. The van der Waals surface area contributed by atoms with Gasteiger partial charge in [-0.25, -0.2) is 9.97 Å². The fourth-order valence-electron chi connectivity index (χ4n) is 3.64. The third-order valence-electron chi connectivity index (χ3n) is 5.25. The number of thiophene rings is 1. The van der Waals surface area contributed by atoms with Gasteiger partial charge in [-0.15, -0.1) is 11.3 Å². The summed E-state index contributed by atoms with van der Waals surface area (Å²) in [4.78, 5) is 28.8. The molecule has 1 aromatic carbocycles. The van der Waals surface area contributed by atoms with E-state index >= 15 is 0 Å². The van der Waals surface area contributed by atoms with Gasteiger partial charge in [-0.05, 0) is 45.4 Å². The summed E-state index contributed by atoms with van der Waals surface area (Å²) in [5.74, 6) is 1.93. The average molecular weight is 381 g/mol. The molecular weight excluding hydrogens is 356 g/mol. The van der Waals surface area contributed by atoms with E-state index in [9.17, 15) is 4.79 Å². The van der Waals surface area contributed by atoms with Crippen LogP contribution in [0.15, 0.2) is 24.3 Å². The number of rotatable bonds is 2. The molecule has 1 amide bonds. The first-order valence-electron chi connectivity index (χ1n) is 9.29. The van der Waals surface area contributed by atoms with Crippen molar-refractivity contribution in [3.05, 3.63) is 51.7 Å². The number of anilines is 1. The lowest BCUT2D eigenvalue weighted by molar-refractivity contribution is 0.0746. The van der Waals surface area contributed by atoms with Gasteiger partial charge in [0.2, 0.25) is 0 Å². The number of fused-ring (bicyclic) bond motifs is 1. The van der Waals surface area contributed by atoms with Crippen LogP contribution in [0.5, 0.6) is 0 Å². The highest BCUT2D eigenvalue weighted by Crippen LogP contribution is 2.35. The SMILES string of the molecule is Cc1cccc(C(=O)N2CCN(c3nc(C)nc4sc(C)c(C)c34)CC2)c1. The molecule has 4 rings (SSSR count). The van der Waals surface area contributed by atoms with Crippen LogP contribution in [0.2, 0.25) is 0 Å². The molecule has 0 atom stereocenters. The van der Waals surface area contributed by atoms with E-state index in [1.807, 2.05) is 43.0 Å². The van der Waals surface area contributed by atoms with Crippen LogP contribution >= 0.6 is 11.3 Å². The summed E-state index contributed by atoms with van der Waals surface area (Å²) in [6, 6.07) is 7.82. The van der Waals surface area contributed by atoms with Crippen molar-refractivity contribution in [2.24, 2.45) is 0 Å². The summed E-state index contributed by atoms with van der Waals surface area (Å²) in [5.41, 5.74) is 3.15. The topological polar surface area (TPSA) is 49.3 Å². The van der Waals surface area contributed by atoms with E-state index in [0.717, 1.165) is 40.7 Å². The zero-order chi connectivity index (χ0) is 19.1. The Bertz CT molecular complexity index is 1020. The molecule has 0 spiro atoms.